The summed E-state index contributed by atoms with van der Waals surface area (Å²) in [7, 11) is 0. The molecule has 0 saturated heterocycles. The van der Waals surface area contributed by atoms with E-state index in [0.29, 0.717) is 15.8 Å². The fourth-order valence-electron chi connectivity index (χ4n) is 2.46. The van der Waals surface area contributed by atoms with E-state index in [4.69, 9.17) is 4.42 Å². The van der Waals surface area contributed by atoms with Gasteiger partial charge in [0, 0.05) is 4.47 Å². The van der Waals surface area contributed by atoms with Gasteiger partial charge in [0.1, 0.15) is 5.76 Å². The molecule has 25 heavy (non-hydrogen) atoms. The molecule has 9 heteroatoms. The second-order valence-electron chi connectivity index (χ2n) is 5.58. The number of amides is 1. The third-order valence-corrected chi connectivity index (χ3v) is 4.23. The lowest BCUT2D eigenvalue weighted by atomic mass is 10.0. The summed E-state index contributed by atoms with van der Waals surface area (Å²) in [4.78, 5) is 12.4. The smallest absolute Gasteiger partial charge is 0.438 e. The third kappa shape index (κ3) is 3.09. The van der Waals surface area contributed by atoms with E-state index >= 15 is 0 Å². The summed E-state index contributed by atoms with van der Waals surface area (Å²) >= 11 is 3.23. The zero-order valence-electron chi connectivity index (χ0n) is 12.8. The minimum Gasteiger partial charge on any atom is -0.456 e. The number of aryl methyl sites for hydroxylation is 1. The normalized spacial score (nSPS) is 20.7. The van der Waals surface area contributed by atoms with Crippen LogP contribution in [0.5, 0.6) is 0 Å². The zero-order valence-corrected chi connectivity index (χ0v) is 14.4. The van der Waals surface area contributed by atoms with Gasteiger partial charge in [-0.3, -0.25) is 4.79 Å². The summed E-state index contributed by atoms with van der Waals surface area (Å²) in [6, 6.07) is 9.10. The van der Waals surface area contributed by atoms with Crippen molar-refractivity contribution in [1.82, 2.24) is 5.01 Å². The van der Waals surface area contributed by atoms with E-state index in [1.165, 1.54) is 12.1 Å². The lowest BCUT2D eigenvalue weighted by Crippen LogP contribution is -2.56. The summed E-state index contributed by atoms with van der Waals surface area (Å²) in [5.74, 6) is -1.15. The molecule has 2 aromatic rings. The average molecular weight is 417 g/mol. The van der Waals surface area contributed by atoms with Crippen LogP contribution in [0.25, 0.3) is 0 Å². The molecule has 3 rings (SSSR count). The summed E-state index contributed by atoms with van der Waals surface area (Å²) in [6.45, 7) is 1.55. The standard InChI is InChI=1S/C16H12BrF3N2O3/c1-9-5-6-13(25-9)14(23)22-15(24,16(18,19)20)8-12(21-22)10-3-2-4-11(17)7-10/h2-7,24H,8H2,1H3. The molecule has 0 aliphatic carbocycles. The average Bonchev–Trinajstić information content (AvgIpc) is 3.11. The van der Waals surface area contributed by atoms with E-state index in [1.54, 1.807) is 31.2 Å². The predicted octanol–water partition coefficient (Wildman–Crippen LogP) is 3.85. The van der Waals surface area contributed by atoms with Gasteiger partial charge in [-0.25, -0.2) is 0 Å². The molecule has 0 radical (unpaired) electrons. The molecule has 0 saturated carbocycles. The highest BCUT2D eigenvalue weighted by atomic mass is 79.9. The summed E-state index contributed by atoms with van der Waals surface area (Å²) < 4.78 is 46.2. The SMILES string of the molecule is Cc1ccc(C(=O)N2N=C(c3cccc(Br)c3)CC2(O)C(F)(F)F)o1. The van der Waals surface area contributed by atoms with Gasteiger partial charge >= 0.3 is 12.1 Å². The number of furan rings is 1. The Bertz CT molecular complexity index is 862. The largest absolute Gasteiger partial charge is 0.456 e. The van der Waals surface area contributed by atoms with Crippen molar-refractivity contribution < 1.29 is 27.5 Å². The van der Waals surface area contributed by atoms with Crippen LogP contribution < -0.4 is 0 Å². The maximum Gasteiger partial charge on any atom is 0.438 e. The van der Waals surface area contributed by atoms with Gasteiger partial charge in [-0.05, 0) is 36.8 Å². The fraction of sp³-hybridized carbons (Fsp3) is 0.250. The number of aliphatic hydroxyl groups is 1. The van der Waals surface area contributed by atoms with Crippen molar-refractivity contribution in [3.05, 3.63) is 58.0 Å². The first-order chi connectivity index (χ1) is 11.6. The maximum absolute atomic E-state index is 13.5. The Balaban J connectivity index is 2.05. The Morgan fingerprint density at radius 2 is 2.08 bits per heavy atom. The maximum atomic E-state index is 13.5. The van der Waals surface area contributed by atoms with Gasteiger partial charge in [-0.15, -0.1) is 0 Å². The van der Waals surface area contributed by atoms with Crippen LogP contribution in [0, 0.1) is 6.92 Å². The van der Waals surface area contributed by atoms with Crippen molar-refractivity contribution in [2.75, 3.05) is 0 Å². The Kier molecular flexibility index (Phi) is 4.24. The highest BCUT2D eigenvalue weighted by molar-refractivity contribution is 9.10. The first-order valence-electron chi connectivity index (χ1n) is 7.15. The minimum atomic E-state index is -5.10. The molecule has 132 valence electrons. The van der Waals surface area contributed by atoms with Gasteiger partial charge in [-0.2, -0.15) is 23.3 Å². The van der Waals surface area contributed by atoms with E-state index in [2.05, 4.69) is 21.0 Å². The van der Waals surface area contributed by atoms with Crippen LogP contribution in [-0.4, -0.2) is 33.6 Å². The van der Waals surface area contributed by atoms with E-state index in [9.17, 15) is 23.1 Å². The van der Waals surface area contributed by atoms with Crippen LogP contribution in [0.15, 0.2) is 50.4 Å². The number of hydrazone groups is 1. The summed E-state index contributed by atoms with van der Waals surface area (Å²) in [5, 5.41) is 14.0. The number of carbonyl (C=O) groups is 1. The molecule has 1 aliphatic heterocycles. The number of benzene rings is 1. The molecule has 2 heterocycles. The number of nitrogens with zero attached hydrogens (tertiary/aromatic N) is 2. The van der Waals surface area contributed by atoms with Gasteiger partial charge in [0.05, 0.1) is 12.1 Å². The fourth-order valence-corrected chi connectivity index (χ4v) is 2.86. The quantitative estimate of drug-likeness (QED) is 0.808. The molecule has 1 amide bonds. The zero-order chi connectivity index (χ0) is 18.4. The van der Waals surface area contributed by atoms with Crippen LogP contribution in [-0.2, 0) is 0 Å². The van der Waals surface area contributed by atoms with Crippen LogP contribution >= 0.6 is 15.9 Å². The van der Waals surface area contributed by atoms with Gasteiger partial charge in [-0.1, -0.05) is 28.1 Å². The number of carbonyl (C=O) groups excluding carboxylic acids is 1. The Hall–Kier alpha value is -2.13. The molecule has 1 unspecified atom stereocenters. The number of hydrogen-bond acceptors (Lipinski definition) is 4. The molecule has 1 aromatic heterocycles. The molecule has 1 N–H and O–H groups in total. The van der Waals surface area contributed by atoms with Crippen LogP contribution in [0.3, 0.4) is 0 Å². The first kappa shape index (κ1) is 17.7. The van der Waals surface area contributed by atoms with E-state index in [1.807, 2.05) is 0 Å². The molecular weight excluding hydrogens is 405 g/mol. The van der Waals surface area contributed by atoms with Gasteiger partial charge in [0.2, 0.25) is 0 Å². The monoisotopic (exact) mass is 416 g/mol. The number of alkyl halides is 3. The first-order valence-corrected chi connectivity index (χ1v) is 7.94. The Morgan fingerprint density at radius 3 is 2.64 bits per heavy atom. The second-order valence-corrected chi connectivity index (χ2v) is 6.49. The van der Waals surface area contributed by atoms with Crippen molar-refractivity contribution in [2.24, 2.45) is 5.10 Å². The molecule has 0 bridgehead atoms. The molecule has 1 atom stereocenters. The topological polar surface area (TPSA) is 66.0 Å². The predicted molar refractivity (Wildman–Crippen MR) is 85.9 cm³/mol. The van der Waals surface area contributed by atoms with E-state index in [-0.39, 0.29) is 16.5 Å². The van der Waals surface area contributed by atoms with Gasteiger partial charge in [0.25, 0.3) is 5.72 Å². The van der Waals surface area contributed by atoms with Gasteiger partial charge < -0.3 is 9.52 Å². The highest BCUT2D eigenvalue weighted by Gasteiger charge is 2.63. The molecule has 0 fully saturated rings. The lowest BCUT2D eigenvalue weighted by molar-refractivity contribution is -0.297. The Labute approximate surface area is 148 Å². The van der Waals surface area contributed by atoms with Crippen LogP contribution in [0.2, 0.25) is 0 Å². The minimum absolute atomic E-state index is 0.0432. The van der Waals surface area contributed by atoms with E-state index < -0.39 is 24.2 Å². The highest BCUT2D eigenvalue weighted by Crippen LogP contribution is 2.42. The summed E-state index contributed by atoms with van der Waals surface area (Å²) in [5.41, 5.74) is -3.14. The molecule has 1 aromatic carbocycles. The van der Waals surface area contributed by atoms with Crippen molar-refractivity contribution >= 4 is 27.5 Å². The lowest BCUT2D eigenvalue weighted by Gasteiger charge is -2.32. The third-order valence-electron chi connectivity index (χ3n) is 3.74. The molecule has 5 nitrogen and oxygen atoms in total. The number of rotatable bonds is 2. The van der Waals surface area contributed by atoms with Crippen molar-refractivity contribution in [1.29, 1.82) is 0 Å². The van der Waals surface area contributed by atoms with E-state index in [0.717, 1.165) is 0 Å². The Morgan fingerprint density at radius 1 is 1.36 bits per heavy atom. The summed E-state index contributed by atoms with van der Waals surface area (Å²) in [6.07, 6.45) is -5.97. The van der Waals surface area contributed by atoms with Crippen molar-refractivity contribution in [3.63, 3.8) is 0 Å². The molecule has 1 aliphatic rings. The van der Waals surface area contributed by atoms with Crippen molar-refractivity contribution in [3.8, 4) is 0 Å². The van der Waals surface area contributed by atoms with Crippen LogP contribution in [0.1, 0.15) is 28.3 Å². The van der Waals surface area contributed by atoms with Crippen molar-refractivity contribution in [2.45, 2.75) is 25.2 Å². The molecular formula is C16H12BrF3N2O3. The van der Waals surface area contributed by atoms with Crippen LogP contribution in [0.4, 0.5) is 13.2 Å². The molecule has 0 spiro atoms. The van der Waals surface area contributed by atoms with Gasteiger partial charge in [0.15, 0.2) is 5.76 Å². The second kappa shape index (κ2) is 5.99. The number of hydrogen-bond donors (Lipinski definition) is 1. The number of halogens is 4.